The zero-order valence-electron chi connectivity index (χ0n) is 10.6. The molecule has 1 fully saturated rings. The molecule has 3 heterocycles. The second kappa shape index (κ2) is 5.21. The molecule has 0 bridgehead atoms. The van der Waals surface area contributed by atoms with E-state index in [1.807, 2.05) is 22.6 Å². The van der Waals surface area contributed by atoms with Gasteiger partial charge in [-0.25, -0.2) is 5.10 Å². The monoisotopic (exact) mass is 408 g/mol. The number of aliphatic hydroxyl groups excluding tert-OH is 3. The maximum absolute atomic E-state index is 12.0. The molecular formula is C11H13IN4O5. The van der Waals surface area contributed by atoms with Gasteiger partial charge in [0.25, 0.3) is 5.56 Å². The molecule has 0 aliphatic carbocycles. The molecule has 4 atom stereocenters. The quantitative estimate of drug-likeness (QED) is 0.381. The average molecular weight is 408 g/mol. The molecular weight excluding hydrogens is 395 g/mol. The predicted octanol–water partition coefficient (Wildman–Crippen LogP) is -1.48. The molecule has 10 heteroatoms. The van der Waals surface area contributed by atoms with Crippen LogP contribution >= 0.6 is 22.6 Å². The van der Waals surface area contributed by atoms with Crippen molar-refractivity contribution in [3.8, 4) is 0 Å². The van der Waals surface area contributed by atoms with Gasteiger partial charge in [-0.15, -0.1) is 0 Å². The van der Waals surface area contributed by atoms with E-state index in [4.69, 9.17) is 15.6 Å². The molecule has 6 N–H and O–H groups in total. The highest BCUT2D eigenvalue weighted by Crippen LogP contribution is 2.34. The Morgan fingerprint density at radius 1 is 1.48 bits per heavy atom. The first-order chi connectivity index (χ1) is 9.95. The van der Waals surface area contributed by atoms with Crippen LogP contribution in [0.2, 0.25) is 0 Å². The number of aromatic nitrogens is 3. The predicted molar refractivity (Wildman–Crippen MR) is 80.5 cm³/mol. The van der Waals surface area contributed by atoms with Crippen molar-refractivity contribution in [1.29, 1.82) is 0 Å². The lowest BCUT2D eigenvalue weighted by Gasteiger charge is -2.17. The molecule has 9 nitrogen and oxygen atoms in total. The van der Waals surface area contributed by atoms with E-state index in [0.29, 0.717) is 8.96 Å². The SMILES string of the molecule is Nc1n[nH]c(=O)c2c1c(I)cn2C1OC(CO)C(O)C1O. The fraction of sp³-hybridized carbons (Fsp3) is 0.455. The number of nitrogens with two attached hydrogens (primary N) is 1. The molecule has 1 aliphatic rings. The Bertz CT molecular complexity index is 744. The van der Waals surface area contributed by atoms with E-state index in [1.54, 1.807) is 6.20 Å². The van der Waals surface area contributed by atoms with Crippen LogP contribution in [0.25, 0.3) is 10.9 Å². The summed E-state index contributed by atoms with van der Waals surface area (Å²) in [6.07, 6.45) is -2.85. The Morgan fingerprint density at radius 2 is 2.19 bits per heavy atom. The summed E-state index contributed by atoms with van der Waals surface area (Å²) in [5.41, 5.74) is 5.47. The number of nitrogens with zero attached hydrogens (tertiary/aromatic N) is 2. The van der Waals surface area contributed by atoms with Gasteiger partial charge in [0, 0.05) is 9.77 Å². The Labute approximate surface area is 131 Å². The van der Waals surface area contributed by atoms with Crippen molar-refractivity contribution in [3.05, 3.63) is 20.1 Å². The Hall–Kier alpha value is -1.21. The van der Waals surface area contributed by atoms with Gasteiger partial charge in [-0.1, -0.05) is 0 Å². The number of hydrogen-bond acceptors (Lipinski definition) is 7. The highest BCUT2D eigenvalue weighted by atomic mass is 127. The molecule has 21 heavy (non-hydrogen) atoms. The molecule has 3 rings (SSSR count). The van der Waals surface area contributed by atoms with Crippen LogP contribution in [0.3, 0.4) is 0 Å². The molecule has 0 aromatic carbocycles. The molecule has 0 amide bonds. The van der Waals surface area contributed by atoms with E-state index in [-0.39, 0.29) is 11.3 Å². The van der Waals surface area contributed by atoms with E-state index in [0.717, 1.165) is 0 Å². The molecule has 0 spiro atoms. The Morgan fingerprint density at radius 3 is 2.81 bits per heavy atom. The van der Waals surface area contributed by atoms with Crippen molar-refractivity contribution in [2.45, 2.75) is 24.5 Å². The van der Waals surface area contributed by atoms with Crippen LogP contribution in [0, 0.1) is 3.57 Å². The van der Waals surface area contributed by atoms with Gasteiger partial charge in [0.1, 0.15) is 23.8 Å². The zero-order chi connectivity index (χ0) is 15.3. The normalized spacial score (nSPS) is 29.3. The van der Waals surface area contributed by atoms with Crippen LogP contribution in [0.15, 0.2) is 11.0 Å². The minimum absolute atomic E-state index is 0.152. The number of nitrogens with one attached hydrogen (secondary N) is 1. The third kappa shape index (κ3) is 2.14. The summed E-state index contributed by atoms with van der Waals surface area (Å²) in [6.45, 7) is -0.439. The van der Waals surface area contributed by atoms with Crippen LogP contribution in [-0.2, 0) is 4.74 Å². The number of anilines is 1. The molecule has 2 aromatic rings. The number of aromatic amines is 1. The van der Waals surface area contributed by atoms with Gasteiger partial charge >= 0.3 is 0 Å². The lowest BCUT2D eigenvalue weighted by molar-refractivity contribution is -0.0507. The molecule has 1 aliphatic heterocycles. The summed E-state index contributed by atoms with van der Waals surface area (Å²) >= 11 is 1.99. The summed E-state index contributed by atoms with van der Waals surface area (Å²) in [5, 5.41) is 35.4. The number of nitrogen functional groups attached to an aromatic ring is 1. The first kappa shape index (κ1) is 14.7. The highest BCUT2D eigenvalue weighted by molar-refractivity contribution is 14.1. The van der Waals surface area contributed by atoms with Crippen LogP contribution in [0.1, 0.15) is 6.23 Å². The number of ether oxygens (including phenoxy) is 1. The van der Waals surface area contributed by atoms with E-state index >= 15 is 0 Å². The van der Waals surface area contributed by atoms with Crippen LogP contribution in [-0.4, -0.2) is 55.0 Å². The van der Waals surface area contributed by atoms with Gasteiger partial charge in [-0.3, -0.25) is 4.79 Å². The van der Waals surface area contributed by atoms with E-state index in [9.17, 15) is 15.0 Å². The summed E-state index contributed by atoms with van der Waals surface area (Å²) < 4.78 is 7.50. The van der Waals surface area contributed by atoms with Crippen molar-refractivity contribution < 1.29 is 20.1 Å². The topological polar surface area (TPSA) is 147 Å². The van der Waals surface area contributed by atoms with E-state index in [1.165, 1.54) is 4.57 Å². The van der Waals surface area contributed by atoms with Crippen LogP contribution < -0.4 is 11.3 Å². The molecule has 114 valence electrons. The van der Waals surface area contributed by atoms with Crippen molar-refractivity contribution >= 4 is 39.3 Å². The number of rotatable bonds is 2. The maximum Gasteiger partial charge on any atom is 0.288 e. The summed E-state index contributed by atoms with van der Waals surface area (Å²) in [7, 11) is 0. The van der Waals surface area contributed by atoms with Crippen molar-refractivity contribution in [1.82, 2.24) is 14.8 Å². The minimum Gasteiger partial charge on any atom is -0.394 e. The Kier molecular flexibility index (Phi) is 3.65. The van der Waals surface area contributed by atoms with Gasteiger partial charge < -0.3 is 30.4 Å². The number of fused-ring (bicyclic) bond motifs is 1. The van der Waals surface area contributed by atoms with Crippen molar-refractivity contribution in [2.24, 2.45) is 0 Å². The van der Waals surface area contributed by atoms with Gasteiger partial charge in [0.05, 0.1) is 12.0 Å². The van der Waals surface area contributed by atoms with Crippen LogP contribution in [0.5, 0.6) is 0 Å². The van der Waals surface area contributed by atoms with Gasteiger partial charge in [0.15, 0.2) is 12.0 Å². The van der Waals surface area contributed by atoms with Gasteiger partial charge in [0.2, 0.25) is 0 Å². The molecule has 1 saturated heterocycles. The minimum atomic E-state index is -1.28. The second-order valence-corrected chi connectivity index (χ2v) is 5.94. The fourth-order valence-corrected chi connectivity index (χ4v) is 3.33. The van der Waals surface area contributed by atoms with E-state index in [2.05, 4.69) is 10.2 Å². The zero-order valence-corrected chi connectivity index (χ0v) is 12.8. The number of hydrogen-bond donors (Lipinski definition) is 5. The Balaban J connectivity index is 2.18. The summed E-state index contributed by atoms with van der Waals surface area (Å²) in [6, 6.07) is 0. The number of aliphatic hydroxyl groups is 3. The first-order valence-electron chi connectivity index (χ1n) is 6.12. The lowest BCUT2D eigenvalue weighted by Crippen LogP contribution is -2.33. The molecule has 2 aromatic heterocycles. The van der Waals surface area contributed by atoms with Crippen molar-refractivity contribution in [2.75, 3.05) is 12.3 Å². The smallest absolute Gasteiger partial charge is 0.288 e. The average Bonchev–Trinajstić information content (AvgIpc) is 2.94. The van der Waals surface area contributed by atoms with Gasteiger partial charge in [-0.05, 0) is 22.6 Å². The second-order valence-electron chi connectivity index (χ2n) is 4.77. The third-order valence-electron chi connectivity index (χ3n) is 3.53. The van der Waals surface area contributed by atoms with E-state index < -0.39 is 36.7 Å². The molecule has 0 saturated carbocycles. The maximum atomic E-state index is 12.0. The molecule has 4 unspecified atom stereocenters. The highest BCUT2D eigenvalue weighted by Gasteiger charge is 2.44. The number of halogens is 1. The van der Waals surface area contributed by atoms with Crippen LogP contribution in [0.4, 0.5) is 5.82 Å². The number of H-pyrrole nitrogens is 1. The lowest BCUT2D eigenvalue weighted by atomic mass is 10.1. The summed E-state index contributed by atoms with van der Waals surface area (Å²) in [5.74, 6) is 0.152. The standard InChI is InChI=1S/C11H13IN4O5/c12-3-1-16(6-5(3)9(13)14-15-10(6)20)11-8(19)7(18)4(2-17)21-11/h1,4,7-8,11,17-19H,2H2,(H2,13,14)(H,15,20). The van der Waals surface area contributed by atoms with Gasteiger partial charge in [-0.2, -0.15) is 5.10 Å². The summed E-state index contributed by atoms with van der Waals surface area (Å²) in [4.78, 5) is 12.0. The molecule has 0 radical (unpaired) electrons. The third-order valence-corrected chi connectivity index (χ3v) is 4.34. The first-order valence-corrected chi connectivity index (χ1v) is 7.20. The largest absolute Gasteiger partial charge is 0.394 e. The fourth-order valence-electron chi connectivity index (χ4n) is 2.50. The van der Waals surface area contributed by atoms with Crippen molar-refractivity contribution in [3.63, 3.8) is 0 Å².